The predicted octanol–water partition coefficient (Wildman–Crippen LogP) is 4.98. The van der Waals surface area contributed by atoms with Crippen molar-refractivity contribution in [3.63, 3.8) is 0 Å². The van der Waals surface area contributed by atoms with Crippen LogP contribution >= 0.6 is 0 Å². The van der Waals surface area contributed by atoms with E-state index in [1.807, 2.05) is 0 Å². The zero-order valence-corrected chi connectivity index (χ0v) is 12.7. The van der Waals surface area contributed by atoms with Gasteiger partial charge in [0.15, 0.2) is 0 Å². The van der Waals surface area contributed by atoms with Crippen molar-refractivity contribution in [3.8, 4) is 0 Å². The van der Waals surface area contributed by atoms with Crippen LogP contribution in [0.1, 0.15) is 51.5 Å². The summed E-state index contributed by atoms with van der Waals surface area (Å²) < 4.78 is 0. The van der Waals surface area contributed by atoms with Gasteiger partial charge in [-0.15, -0.1) is 0 Å². The third-order valence-corrected chi connectivity index (χ3v) is 5.05. The van der Waals surface area contributed by atoms with Crippen molar-refractivity contribution >= 4 is 10.8 Å². The van der Waals surface area contributed by atoms with Crippen molar-refractivity contribution in [3.05, 3.63) is 48.0 Å². The average Bonchev–Trinajstić information content (AvgIpc) is 2.58. The van der Waals surface area contributed by atoms with E-state index in [-0.39, 0.29) is 5.54 Å². The maximum atomic E-state index is 6.87. The molecule has 1 aliphatic carbocycles. The minimum atomic E-state index is -0.158. The Balaban J connectivity index is 2.05. The molecule has 0 amide bonds. The molecule has 1 fully saturated rings. The second kappa shape index (κ2) is 4.89. The van der Waals surface area contributed by atoms with Crippen molar-refractivity contribution < 1.29 is 0 Å². The fraction of sp³-hybridized carbons (Fsp3) is 0.474. The first-order valence-corrected chi connectivity index (χ1v) is 7.77. The topological polar surface area (TPSA) is 26.0 Å². The van der Waals surface area contributed by atoms with Crippen LogP contribution in [0.3, 0.4) is 0 Å². The summed E-state index contributed by atoms with van der Waals surface area (Å²) in [6, 6.07) is 15.2. The fourth-order valence-corrected chi connectivity index (χ4v) is 3.62. The number of benzene rings is 2. The van der Waals surface area contributed by atoms with E-state index < -0.39 is 0 Å². The van der Waals surface area contributed by atoms with E-state index in [1.165, 1.54) is 35.6 Å². The highest BCUT2D eigenvalue weighted by Gasteiger charge is 2.34. The third-order valence-electron chi connectivity index (χ3n) is 5.05. The average molecular weight is 267 g/mol. The number of rotatable bonds is 1. The van der Waals surface area contributed by atoms with Crippen LogP contribution in [0.25, 0.3) is 10.8 Å². The van der Waals surface area contributed by atoms with Crippen molar-refractivity contribution in [2.45, 2.75) is 51.5 Å². The van der Waals surface area contributed by atoms with Gasteiger partial charge in [-0.3, -0.25) is 0 Å². The molecule has 0 aromatic heterocycles. The number of hydrogen-bond acceptors (Lipinski definition) is 1. The highest BCUT2D eigenvalue weighted by molar-refractivity contribution is 5.86. The van der Waals surface area contributed by atoms with Crippen LogP contribution in [0.5, 0.6) is 0 Å². The van der Waals surface area contributed by atoms with Gasteiger partial charge in [-0.1, -0.05) is 62.7 Å². The first-order valence-electron chi connectivity index (χ1n) is 7.77. The van der Waals surface area contributed by atoms with Crippen LogP contribution in [-0.2, 0) is 5.54 Å². The molecular weight excluding hydrogens is 242 g/mol. The molecule has 1 heteroatoms. The normalized spacial score (nSPS) is 26.4. The maximum Gasteiger partial charge on any atom is 0.0416 e. The summed E-state index contributed by atoms with van der Waals surface area (Å²) >= 11 is 0. The molecule has 0 spiro atoms. The lowest BCUT2D eigenvalue weighted by molar-refractivity contribution is 0.299. The van der Waals surface area contributed by atoms with E-state index in [1.54, 1.807) is 0 Å². The Morgan fingerprint density at radius 1 is 0.850 bits per heavy atom. The van der Waals surface area contributed by atoms with Gasteiger partial charge >= 0.3 is 0 Å². The minimum Gasteiger partial charge on any atom is -0.321 e. The molecule has 0 radical (unpaired) electrons. The minimum absolute atomic E-state index is 0.158. The molecule has 106 valence electrons. The van der Waals surface area contributed by atoms with Gasteiger partial charge < -0.3 is 5.73 Å². The van der Waals surface area contributed by atoms with Gasteiger partial charge in [0.25, 0.3) is 0 Å². The molecular formula is C19H25N. The van der Waals surface area contributed by atoms with Gasteiger partial charge in [-0.25, -0.2) is 0 Å². The van der Waals surface area contributed by atoms with Crippen molar-refractivity contribution in [1.82, 2.24) is 0 Å². The van der Waals surface area contributed by atoms with E-state index in [4.69, 9.17) is 5.73 Å². The molecule has 20 heavy (non-hydrogen) atoms. The molecule has 0 heterocycles. The molecule has 0 bridgehead atoms. The fourth-order valence-electron chi connectivity index (χ4n) is 3.62. The second-order valence-corrected chi connectivity index (χ2v) is 7.20. The lowest BCUT2D eigenvalue weighted by atomic mass is 9.79. The second-order valence-electron chi connectivity index (χ2n) is 7.20. The van der Waals surface area contributed by atoms with Gasteiger partial charge in [0, 0.05) is 5.54 Å². The van der Waals surface area contributed by atoms with Crippen LogP contribution < -0.4 is 5.73 Å². The molecule has 1 aliphatic rings. The molecule has 3 rings (SSSR count). The zero-order chi connectivity index (χ0) is 14.2. The summed E-state index contributed by atoms with van der Waals surface area (Å²) in [6.45, 7) is 4.75. The summed E-state index contributed by atoms with van der Waals surface area (Å²) in [7, 11) is 0. The Bertz CT molecular complexity index is 609. The Labute approximate surface area is 122 Å². The molecule has 0 saturated heterocycles. The monoisotopic (exact) mass is 267 g/mol. The summed E-state index contributed by atoms with van der Waals surface area (Å²) in [5, 5.41) is 2.63. The molecule has 0 aliphatic heterocycles. The first-order chi connectivity index (χ1) is 9.50. The number of nitrogens with two attached hydrogens (primary N) is 1. The van der Waals surface area contributed by atoms with Crippen LogP contribution in [0.4, 0.5) is 0 Å². The Kier molecular flexibility index (Phi) is 3.33. The Hall–Kier alpha value is -1.34. The quantitative estimate of drug-likeness (QED) is 0.724. The lowest BCUT2D eigenvalue weighted by Gasteiger charge is -2.31. The van der Waals surface area contributed by atoms with Crippen molar-refractivity contribution in [2.24, 2.45) is 11.1 Å². The van der Waals surface area contributed by atoms with Gasteiger partial charge in [0.2, 0.25) is 0 Å². The molecule has 1 nitrogen and oxygen atoms in total. The van der Waals surface area contributed by atoms with E-state index >= 15 is 0 Å². The smallest absolute Gasteiger partial charge is 0.0416 e. The van der Waals surface area contributed by atoms with E-state index in [9.17, 15) is 0 Å². The maximum absolute atomic E-state index is 6.87. The molecule has 2 aromatic rings. The Morgan fingerprint density at radius 3 is 2.45 bits per heavy atom. The van der Waals surface area contributed by atoms with Crippen LogP contribution in [0.2, 0.25) is 0 Å². The number of hydrogen-bond donors (Lipinski definition) is 1. The highest BCUT2D eigenvalue weighted by Crippen LogP contribution is 2.43. The molecule has 1 atom stereocenters. The van der Waals surface area contributed by atoms with Crippen LogP contribution in [0, 0.1) is 5.41 Å². The van der Waals surface area contributed by atoms with Crippen molar-refractivity contribution in [2.75, 3.05) is 0 Å². The van der Waals surface area contributed by atoms with E-state index in [0.29, 0.717) is 5.41 Å². The van der Waals surface area contributed by atoms with Gasteiger partial charge in [0.05, 0.1) is 0 Å². The SMILES string of the molecule is CC1(C)CCCC(N)(c2cccc3ccccc23)CC1. The third kappa shape index (κ3) is 2.47. The highest BCUT2D eigenvalue weighted by atomic mass is 14.7. The van der Waals surface area contributed by atoms with Crippen LogP contribution in [-0.4, -0.2) is 0 Å². The number of fused-ring (bicyclic) bond motifs is 1. The molecule has 2 N–H and O–H groups in total. The summed E-state index contributed by atoms with van der Waals surface area (Å²) in [5.74, 6) is 0. The lowest BCUT2D eigenvalue weighted by Crippen LogP contribution is -2.36. The largest absolute Gasteiger partial charge is 0.321 e. The van der Waals surface area contributed by atoms with Gasteiger partial charge in [-0.2, -0.15) is 0 Å². The van der Waals surface area contributed by atoms with E-state index in [2.05, 4.69) is 56.3 Å². The zero-order valence-electron chi connectivity index (χ0n) is 12.7. The molecule has 1 saturated carbocycles. The summed E-state index contributed by atoms with van der Waals surface area (Å²) in [4.78, 5) is 0. The van der Waals surface area contributed by atoms with E-state index in [0.717, 1.165) is 12.8 Å². The molecule has 1 unspecified atom stereocenters. The summed E-state index contributed by atoms with van der Waals surface area (Å²) in [6.07, 6.45) is 5.93. The van der Waals surface area contributed by atoms with Gasteiger partial charge in [0.1, 0.15) is 0 Å². The van der Waals surface area contributed by atoms with Crippen molar-refractivity contribution in [1.29, 1.82) is 0 Å². The Morgan fingerprint density at radius 2 is 1.60 bits per heavy atom. The standard InChI is InChI=1S/C19H25N/c1-18(2)11-6-12-19(20,14-13-18)17-10-5-8-15-7-3-4-9-16(15)17/h3-5,7-10H,6,11-14,20H2,1-2H3. The van der Waals surface area contributed by atoms with Crippen LogP contribution in [0.15, 0.2) is 42.5 Å². The predicted molar refractivity (Wildman–Crippen MR) is 86.7 cm³/mol. The van der Waals surface area contributed by atoms with Gasteiger partial charge in [-0.05, 0) is 47.4 Å². The summed E-state index contributed by atoms with van der Waals surface area (Å²) in [5.41, 5.74) is 8.49. The molecule has 2 aromatic carbocycles. The first kappa shape index (κ1) is 13.6.